The summed E-state index contributed by atoms with van der Waals surface area (Å²) in [5.41, 5.74) is 2.11. The predicted octanol–water partition coefficient (Wildman–Crippen LogP) is 4.24. The van der Waals surface area contributed by atoms with E-state index in [2.05, 4.69) is 18.6 Å². The van der Waals surface area contributed by atoms with E-state index in [9.17, 15) is 8.42 Å². The number of hydrogen-bond acceptors (Lipinski definition) is 2. The van der Waals surface area contributed by atoms with Crippen LogP contribution in [0.1, 0.15) is 50.3 Å². The fourth-order valence-corrected chi connectivity index (χ4v) is 3.67. The maximum absolute atomic E-state index is 12.5. The smallest absolute Gasteiger partial charge is 0.207 e. The summed E-state index contributed by atoms with van der Waals surface area (Å²) >= 11 is 0. The molecule has 2 aromatic carbocycles. The maximum atomic E-state index is 12.5. The van der Waals surface area contributed by atoms with Crippen LogP contribution >= 0.6 is 0 Å². The van der Waals surface area contributed by atoms with Crippen LogP contribution in [0.15, 0.2) is 59.5 Å². The van der Waals surface area contributed by atoms with Crippen molar-refractivity contribution in [3.05, 3.63) is 65.7 Å². The monoisotopic (exact) mass is 317 g/mol. The molecule has 0 spiro atoms. The molecule has 4 heteroatoms. The highest BCUT2D eigenvalue weighted by Crippen LogP contribution is 2.21. The van der Waals surface area contributed by atoms with Crippen LogP contribution in [0.3, 0.4) is 0 Å². The lowest BCUT2D eigenvalue weighted by atomic mass is 10.0. The lowest BCUT2D eigenvalue weighted by Gasteiger charge is -2.18. The highest BCUT2D eigenvalue weighted by atomic mass is 32.2. The third kappa shape index (κ3) is 3.96. The van der Waals surface area contributed by atoms with E-state index in [0.29, 0.717) is 17.2 Å². The summed E-state index contributed by atoms with van der Waals surface area (Å²) in [6, 6.07) is 16.5. The van der Waals surface area contributed by atoms with Gasteiger partial charge in [-0.3, -0.25) is 0 Å². The van der Waals surface area contributed by atoms with Gasteiger partial charge in [-0.1, -0.05) is 63.2 Å². The first-order valence-electron chi connectivity index (χ1n) is 7.61. The predicted molar refractivity (Wildman–Crippen MR) is 90.3 cm³/mol. The van der Waals surface area contributed by atoms with Crippen molar-refractivity contribution in [2.75, 3.05) is 0 Å². The van der Waals surface area contributed by atoms with Crippen LogP contribution in [0.25, 0.3) is 0 Å². The number of nitrogens with one attached hydrogen (secondary N) is 1. The highest BCUT2D eigenvalue weighted by Gasteiger charge is 2.20. The number of hydrogen-bond donors (Lipinski definition) is 1. The second-order valence-electron chi connectivity index (χ2n) is 5.72. The molecule has 0 bridgehead atoms. The van der Waals surface area contributed by atoms with Crippen LogP contribution in [-0.4, -0.2) is 8.42 Å². The van der Waals surface area contributed by atoms with Gasteiger partial charge in [0.15, 0.2) is 0 Å². The summed E-state index contributed by atoms with van der Waals surface area (Å²) in [5, 5.41) is 0. The second-order valence-corrected chi connectivity index (χ2v) is 7.43. The van der Waals surface area contributed by atoms with Crippen LogP contribution in [0, 0.1) is 0 Å². The Hall–Kier alpha value is -1.65. The highest BCUT2D eigenvalue weighted by molar-refractivity contribution is 7.89. The largest absolute Gasteiger partial charge is 0.241 e. The SMILES string of the molecule is CCC(NS(=O)(=O)c1ccc(C(C)C)cc1)c1ccccc1. The molecule has 0 fully saturated rings. The first-order chi connectivity index (χ1) is 10.4. The van der Waals surface area contributed by atoms with Crippen LogP contribution in [-0.2, 0) is 10.0 Å². The van der Waals surface area contributed by atoms with E-state index < -0.39 is 10.0 Å². The van der Waals surface area contributed by atoms with E-state index in [1.807, 2.05) is 49.4 Å². The Morgan fingerprint density at radius 1 is 0.909 bits per heavy atom. The molecule has 118 valence electrons. The zero-order valence-electron chi connectivity index (χ0n) is 13.3. The van der Waals surface area contributed by atoms with Crippen LogP contribution < -0.4 is 4.72 Å². The van der Waals surface area contributed by atoms with E-state index in [-0.39, 0.29) is 6.04 Å². The van der Waals surface area contributed by atoms with E-state index in [1.54, 1.807) is 12.1 Å². The molecule has 0 aliphatic rings. The lowest BCUT2D eigenvalue weighted by Crippen LogP contribution is -2.28. The summed E-state index contributed by atoms with van der Waals surface area (Å²) in [4.78, 5) is 0.311. The topological polar surface area (TPSA) is 46.2 Å². The molecule has 2 aromatic rings. The van der Waals surface area contributed by atoms with Gasteiger partial charge in [0.25, 0.3) is 0 Å². The van der Waals surface area contributed by atoms with Crippen LogP contribution in [0.2, 0.25) is 0 Å². The quantitative estimate of drug-likeness (QED) is 0.866. The molecular weight excluding hydrogens is 294 g/mol. The van der Waals surface area contributed by atoms with Gasteiger partial charge in [-0.15, -0.1) is 0 Å². The Balaban J connectivity index is 2.22. The zero-order valence-corrected chi connectivity index (χ0v) is 14.1. The zero-order chi connectivity index (χ0) is 16.2. The average Bonchev–Trinajstić information content (AvgIpc) is 2.53. The Bertz CT molecular complexity index is 692. The molecule has 1 unspecified atom stereocenters. The van der Waals surface area contributed by atoms with Crippen molar-refractivity contribution in [1.29, 1.82) is 0 Å². The van der Waals surface area contributed by atoms with Gasteiger partial charge in [0.1, 0.15) is 0 Å². The molecule has 0 radical (unpaired) electrons. The third-order valence-corrected chi connectivity index (χ3v) is 5.25. The summed E-state index contributed by atoms with van der Waals surface area (Å²) in [6.07, 6.45) is 0.702. The summed E-state index contributed by atoms with van der Waals surface area (Å²) < 4.78 is 27.9. The normalized spacial score (nSPS) is 13.3. The van der Waals surface area contributed by atoms with Gasteiger partial charge < -0.3 is 0 Å². The fraction of sp³-hybridized carbons (Fsp3) is 0.333. The fourth-order valence-electron chi connectivity index (χ4n) is 2.36. The lowest BCUT2D eigenvalue weighted by molar-refractivity contribution is 0.550. The molecule has 0 saturated heterocycles. The van der Waals surface area contributed by atoms with Crippen LogP contribution in [0.4, 0.5) is 0 Å². The van der Waals surface area contributed by atoms with Gasteiger partial charge in [-0.25, -0.2) is 13.1 Å². The minimum Gasteiger partial charge on any atom is -0.207 e. The Labute approximate surface area is 133 Å². The van der Waals surface area contributed by atoms with Crippen molar-refractivity contribution in [2.45, 2.75) is 44.0 Å². The molecule has 1 N–H and O–H groups in total. The molecule has 3 nitrogen and oxygen atoms in total. The Kier molecular flexibility index (Phi) is 5.37. The Morgan fingerprint density at radius 3 is 2.00 bits per heavy atom. The molecule has 0 heterocycles. The first kappa shape index (κ1) is 16.7. The van der Waals surface area contributed by atoms with Crippen molar-refractivity contribution in [2.24, 2.45) is 0 Å². The molecule has 22 heavy (non-hydrogen) atoms. The number of sulfonamides is 1. The summed E-state index contributed by atoms with van der Waals surface area (Å²) in [6.45, 7) is 6.15. The van der Waals surface area contributed by atoms with Crippen molar-refractivity contribution in [1.82, 2.24) is 4.72 Å². The van der Waals surface area contributed by atoms with Gasteiger partial charge in [0.2, 0.25) is 10.0 Å². The van der Waals surface area contributed by atoms with E-state index >= 15 is 0 Å². The minimum atomic E-state index is -3.51. The number of rotatable bonds is 6. The molecule has 0 aromatic heterocycles. The molecule has 0 amide bonds. The molecule has 2 rings (SSSR count). The summed E-state index contributed by atoms with van der Waals surface area (Å²) in [5.74, 6) is 0.387. The second kappa shape index (κ2) is 7.07. The molecule has 0 saturated carbocycles. The first-order valence-corrected chi connectivity index (χ1v) is 9.09. The van der Waals surface area contributed by atoms with Gasteiger partial charge in [-0.05, 0) is 35.6 Å². The maximum Gasteiger partial charge on any atom is 0.241 e. The van der Waals surface area contributed by atoms with Gasteiger partial charge in [0, 0.05) is 6.04 Å². The third-order valence-electron chi connectivity index (χ3n) is 3.76. The molecular formula is C18H23NO2S. The van der Waals surface area contributed by atoms with Gasteiger partial charge in [0.05, 0.1) is 4.90 Å². The van der Waals surface area contributed by atoms with E-state index in [0.717, 1.165) is 11.1 Å². The van der Waals surface area contributed by atoms with Crippen molar-refractivity contribution in [3.63, 3.8) is 0 Å². The summed E-state index contributed by atoms with van der Waals surface area (Å²) in [7, 11) is -3.51. The van der Waals surface area contributed by atoms with Gasteiger partial charge >= 0.3 is 0 Å². The van der Waals surface area contributed by atoms with Crippen molar-refractivity contribution >= 4 is 10.0 Å². The van der Waals surface area contributed by atoms with Crippen LogP contribution in [0.5, 0.6) is 0 Å². The molecule has 1 atom stereocenters. The average molecular weight is 317 g/mol. The number of benzene rings is 2. The standard InChI is InChI=1S/C18H23NO2S/c1-4-18(16-8-6-5-7-9-16)19-22(20,21)17-12-10-15(11-13-17)14(2)3/h5-14,18-19H,4H2,1-3H3. The van der Waals surface area contributed by atoms with Gasteiger partial charge in [-0.2, -0.15) is 0 Å². The molecule has 0 aliphatic carbocycles. The van der Waals surface area contributed by atoms with Crippen molar-refractivity contribution < 1.29 is 8.42 Å². The van der Waals surface area contributed by atoms with E-state index in [4.69, 9.17) is 0 Å². The van der Waals surface area contributed by atoms with E-state index in [1.165, 1.54) is 0 Å². The van der Waals surface area contributed by atoms with Crippen molar-refractivity contribution in [3.8, 4) is 0 Å². The Morgan fingerprint density at radius 2 is 1.50 bits per heavy atom. The minimum absolute atomic E-state index is 0.212. The molecule has 0 aliphatic heterocycles.